The number of nitrogens with zero attached hydrogens (tertiary/aromatic N) is 1. The Morgan fingerprint density at radius 1 is 1.18 bits per heavy atom. The minimum Gasteiger partial charge on any atom is -0.494 e. The number of nitrogens with one attached hydrogen (secondary N) is 2. The third-order valence-corrected chi connectivity index (χ3v) is 7.09. The van der Waals surface area contributed by atoms with E-state index in [0.717, 1.165) is 63.0 Å². The molecule has 3 atom stereocenters. The Kier molecular flexibility index (Phi) is 7.99. The molecule has 2 aliphatic rings. The Morgan fingerprint density at radius 3 is 2.79 bits per heavy atom. The number of hydrogen-bond acceptors (Lipinski definition) is 4. The summed E-state index contributed by atoms with van der Waals surface area (Å²) in [6, 6.07) is 14.3. The molecular weight excluding hydrogens is 417 g/mol. The number of rotatable bonds is 7. The molecule has 2 N–H and O–H groups in total. The third kappa shape index (κ3) is 6.12. The number of benzene rings is 2. The van der Waals surface area contributed by atoms with E-state index in [9.17, 15) is 9.18 Å². The number of amides is 1. The van der Waals surface area contributed by atoms with Gasteiger partial charge in [-0.2, -0.15) is 0 Å². The lowest BCUT2D eigenvalue weighted by Gasteiger charge is -2.21. The van der Waals surface area contributed by atoms with Crippen LogP contribution in [0.1, 0.15) is 61.3 Å². The van der Waals surface area contributed by atoms with Crippen molar-refractivity contribution in [3.8, 4) is 5.75 Å². The molecule has 0 aromatic heterocycles. The maximum Gasteiger partial charge on any atom is 0.227 e. The van der Waals surface area contributed by atoms with Crippen LogP contribution in [0.2, 0.25) is 0 Å². The predicted molar refractivity (Wildman–Crippen MR) is 129 cm³/mol. The molecule has 0 spiro atoms. The zero-order valence-electron chi connectivity index (χ0n) is 19.8. The Morgan fingerprint density at radius 2 is 2.00 bits per heavy atom. The molecule has 33 heavy (non-hydrogen) atoms. The summed E-state index contributed by atoms with van der Waals surface area (Å²) >= 11 is 0. The van der Waals surface area contributed by atoms with Gasteiger partial charge in [0, 0.05) is 31.7 Å². The van der Waals surface area contributed by atoms with Gasteiger partial charge in [-0.25, -0.2) is 4.39 Å². The van der Waals surface area contributed by atoms with Crippen LogP contribution in [0.4, 0.5) is 4.39 Å². The number of ether oxygens (including phenoxy) is 1. The minimum absolute atomic E-state index is 0.130. The maximum absolute atomic E-state index is 13.7. The van der Waals surface area contributed by atoms with Crippen molar-refractivity contribution in [2.24, 2.45) is 0 Å². The van der Waals surface area contributed by atoms with Crippen molar-refractivity contribution in [3.63, 3.8) is 0 Å². The second-order valence-electron chi connectivity index (χ2n) is 9.39. The minimum atomic E-state index is -0.331. The maximum atomic E-state index is 13.7. The van der Waals surface area contributed by atoms with Crippen LogP contribution in [0, 0.1) is 5.82 Å². The lowest BCUT2D eigenvalue weighted by molar-refractivity contribution is -0.130. The van der Waals surface area contributed by atoms with Crippen LogP contribution in [0.5, 0.6) is 5.75 Å². The van der Waals surface area contributed by atoms with E-state index in [-0.39, 0.29) is 23.5 Å². The Labute approximate surface area is 196 Å². The average molecular weight is 454 g/mol. The summed E-state index contributed by atoms with van der Waals surface area (Å²) < 4.78 is 18.8. The van der Waals surface area contributed by atoms with E-state index in [1.54, 1.807) is 6.07 Å². The molecule has 178 valence electrons. The van der Waals surface area contributed by atoms with Crippen LogP contribution in [-0.4, -0.2) is 50.1 Å². The van der Waals surface area contributed by atoms with Gasteiger partial charge in [-0.15, -0.1) is 0 Å². The van der Waals surface area contributed by atoms with Crippen LogP contribution >= 0.6 is 0 Å². The molecule has 1 saturated carbocycles. The zero-order chi connectivity index (χ0) is 23.2. The molecule has 2 fully saturated rings. The van der Waals surface area contributed by atoms with Crippen LogP contribution in [-0.2, 0) is 11.2 Å². The van der Waals surface area contributed by atoms with Gasteiger partial charge in [0.05, 0.1) is 13.5 Å². The van der Waals surface area contributed by atoms with Gasteiger partial charge >= 0.3 is 0 Å². The highest BCUT2D eigenvalue weighted by Crippen LogP contribution is 2.36. The first-order valence-electron chi connectivity index (χ1n) is 12.2. The van der Waals surface area contributed by atoms with Gasteiger partial charge in [-0.3, -0.25) is 4.79 Å². The lowest BCUT2D eigenvalue weighted by Crippen LogP contribution is -2.35. The highest BCUT2D eigenvalue weighted by Gasteiger charge is 2.27. The van der Waals surface area contributed by atoms with E-state index in [4.69, 9.17) is 4.74 Å². The third-order valence-electron chi connectivity index (χ3n) is 7.09. The fourth-order valence-electron chi connectivity index (χ4n) is 5.12. The summed E-state index contributed by atoms with van der Waals surface area (Å²) in [4.78, 5) is 14.6. The monoisotopic (exact) mass is 453 g/mol. The lowest BCUT2D eigenvalue weighted by atomic mass is 9.95. The van der Waals surface area contributed by atoms with Crippen molar-refractivity contribution >= 4 is 5.91 Å². The fourth-order valence-corrected chi connectivity index (χ4v) is 5.12. The average Bonchev–Trinajstić information content (AvgIpc) is 3.11. The van der Waals surface area contributed by atoms with E-state index < -0.39 is 0 Å². The SMILES string of the molecule is COc1cc(C(C)NC2CCC(c3ccc(CC(=O)N4CCCNCC4)cc3)C2)ccc1F. The van der Waals surface area contributed by atoms with Crippen LogP contribution in [0.25, 0.3) is 0 Å². The molecule has 2 aromatic rings. The van der Waals surface area contributed by atoms with E-state index in [1.165, 1.54) is 18.7 Å². The highest BCUT2D eigenvalue weighted by molar-refractivity contribution is 5.78. The normalized spacial score (nSPS) is 22.1. The van der Waals surface area contributed by atoms with Gasteiger partial charge in [0.2, 0.25) is 5.91 Å². The largest absolute Gasteiger partial charge is 0.494 e. The van der Waals surface area contributed by atoms with Crippen molar-refractivity contribution in [1.29, 1.82) is 0 Å². The summed E-state index contributed by atoms with van der Waals surface area (Å²) in [7, 11) is 1.50. The Balaban J connectivity index is 1.29. The molecule has 6 heteroatoms. The van der Waals surface area contributed by atoms with Gasteiger partial charge in [0.1, 0.15) is 0 Å². The molecule has 0 radical (unpaired) electrons. The van der Waals surface area contributed by atoms with Gasteiger partial charge in [0.15, 0.2) is 11.6 Å². The molecule has 4 rings (SSSR count). The standard InChI is InChI=1S/C27H36FN3O2/c1-19(22-9-11-25(28)26(18-22)33-2)30-24-10-8-23(17-24)21-6-4-20(5-7-21)16-27(32)31-14-3-12-29-13-15-31/h4-7,9,11,18-19,23-24,29-30H,3,8,10,12-17H2,1-2H3. The number of carbonyl (C=O) groups is 1. The van der Waals surface area contributed by atoms with Gasteiger partial charge in [-0.05, 0) is 73.9 Å². The quantitative estimate of drug-likeness (QED) is 0.660. The van der Waals surface area contributed by atoms with Crippen molar-refractivity contribution in [1.82, 2.24) is 15.5 Å². The summed E-state index contributed by atoms with van der Waals surface area (Å²) in [5.74, 6) is 0.710. The summed E-state index contributed by atoms with van der Waals surface area (Å²) in [5.41, 5.74) is 3.48. The molecule has 2 aromatic carbocycles. The zero-order valence-corrected chi connectivity index (χ0v) is 19.8. The van der Waals surface area contributed by atoms with Gasteiger partial charge in [-0.1, -0.05) is 30.3 Å². The predicted octanol–water partition coefficient (Wildman–Crippen LogP) is 4.19. The molecule has 1 amide bonds. The highest BCUT2D eigenvalue weighted by atomic mass is 19.1. The molecule has 1 saturated heterocycles. The van der Waals surface area contributed by atoms with E-state index in [2.05, 4.69) is 41.8 Å². The van der Waals surface area contributed by atoms with Crippen molar-refractivity contribution in [3.05, 3.63) is 65.0 Å². The van der Waals surface area contributed by atoms with E-state index in [0.29, 0.717) is 18.4 Å². The first-order chi connectivity index (χ1) is 16.0. The first-order valence-corrected chi connectivity index (χ1v) is 12.2. The van der Waals surface area contributed by atoms with Crippen molar-refractivity contribution < 1.29 is 13.9 Å². The second kappa shape index (κ2) is 11.1. The number of methoxy groups -OCH3 is 1. The summed E-state index contributed by atoms with van der Waals surface area (Å²) in [6.45, 7) is 5.65. The molecule has 1 aliphatic heterocycles. The fraction of sp³-hybridized carbons (Fsp3) is 0.519. The molecule has 5 nitrogen and oxygen atoms in total. The van der Waals surface area contributed by atoms with Crippen LogP contribution in [0.3, 0.4) is 0 Å². The Hall–Kier alpha value is -2.44. The van der Waals surface area contributed by atoms with E-state index >= 15 is 0 Å². The number of hydrogen-bond donors (Lipinski definition) is 2. The summed E-state index contributed by atoms with van der Waals surface area (Å²) in [5, 5.41) is 7.06. The molecule has 1 aliphatic carbocycles. The molecule has 3 unspecified atom stereocenters. The molecule has 0 bridgehead atoms. The second-order valence-corrected chi connectivity index (χ2v) is 9.39. The number of carbonyl (C=O) groups excluding carboxylic acids is 1. The Bertz CT molecular complexity index is 925. The van der Waals surface area contributed by atoms with E-state index in [1.807, 2.05) is 11.0 Å². The smallest absolute Gasteiger partial charge is 0.227 e. The van der Waals surface area contributed by atoms with Gasteiger partial charge in [0.25, 0.3) is 0 Å². The number of halogens is 1. The molecular formula is C27H36FN3O2. The van der Waals surface area contributed by atoms with Crippen LogP contribution in [0.15, 0.2) is 42.5 Å². The topological polar surface area (TPSA) is 53.6 Å². The summed E-state index contributed by atoms with van der Waals surface area (Å²) in [6.07, 6.45) is 4.86. The van der Waals surface area contributed by atoms with Crippen LogP contribution < -0.4 is 15.4 Å². The van der Waals surface area contributed by atoms with Crippen molar-refractivity contribution in [2.45, 2.75) is 57.0 Å². The van der Waals surface area contributed by atoms with Crippen molar-refractivity contribution in [2.75, 3.05) is 33.3 Å². The first kappa shape index (κ1) is 23.7. The molecule has 1 heterocycles. The van der Waals surface area contributed by atoms with Gasteiger partial charge < -0.3 is 20.3 Å².